The lowest BCUT2D eigenvalue weighted by molar-refractivity contribution is 0.0694. The maximum absolute atomic E-state index is 13.5. The number of carbonyl (C=O) groups is 2. The zero-order chi connectivity index (χ0) is 41.6. The van der Waals surface area contributed by atoms with Crippen molar-refractivity contribution in [2.45, 2.75) is 65.8 Å². The Kier molecular flexibility index (Phi) is 11.7. The first-order chi connectivity index (χ1) is 27.6. The summed E-state index contributed by atoms with van der Waals surface area (Å²) in [7, 11) is 0. The monoisotopic (exact) mass is 857 g/mol. The van der Waals surface area contributed by atoms with Crippen LogP contribution in [0.5, 0.6) is 5.75 Å². The van der Waals surface area contributed by atoms with Crippen LogP contribution in [0.15, 0.2) is 73.1 Å². The molecule has 1 aliphatic rings. The van der Waals surface area contributed by atoms with Crippen molar-refractivity contribution in [2.75, 3.05) is 6.61 Å². The number of aryl methyl sites for hydroxylation is 2. The molecule has 0 fully saturated rings. The molecule has 11 nitrogen and oxygen atoms in total. The highest BCUT2D eigenvalue weighted by molar-refractivity contribution is 6.35. The average Bonchev–Trinajstić information content (AvgIpc) is 3.68. The van der Waals surface area contributed by atoms with E-state index in [4.69, 9.17) is 56.1 Å². The van der Waals surface area contributed by atoms with Crippen LogP contribution in [-0.2, 0) is 0 Å². The molecule has 1 atom stereocenters. The van der Waals surface area contributed by atoms with Gasteiger partial charge in [0.15, 0.2) is 11.3 Å². The Bertz CT molecular complexity index is 2700. The van der Waals surface area contributed by atoms with Gasteiger partial charge in [-0.05, 0) is 68.1 Å². The number of amides is 1. The fraction of sp³-hybridized carbons (Fsp3) is 0.256. The number of hydrogen-bond donors (Lipinski definition) is 2. The first-order valence-corrected chi connectivity index (χ1v) is 20.1. The number of aromatic carboxylic acids is 1. The summed E-state index contributed by atoms with van der Waals surface area (Å²) in [4.78, 5) is 34.4. The van der Waals surface area contributed by atoms with Gasteiger partial charge >= 0.3 is 5.97 Å². The molecule has 0 unspecified atom stereocenters. The van der Waals surface area contributed by atoms with Crippen molar-refractivity contribution < 1.29 is 19.4 Å². The van der Waals surface area contributed by atoms with Gasteiger partial charge in [-0.1, -0.05) is 92.3 Å². The Balaban J connectivity index is 0.000000188. The lowest BCUT2D eigenvalue weighted by atomic mass is 9.97. The van der Waals surface area contributed by atoms with E-state index in [2.05, 4.69) is 34.3 Å². The number of rotatable bonds is 7. The number of carbonyl (C=O) groups excluding carboxylic acids is 1. The smallest absolute Gasteiger partial charge is 0.337 e. The van der Waals surface area contributed by atoms with Crippen LogP contribution in [0, 0.1) is 13.8 Å². The van der Waals surface area contributed by atoms with E-state index in [0.29, 0.717) is 55.5 Å². The molecule has 0 radical (unpaired) electrons. The Hall–Kier alpha value is -5.20. The summed E-state index contributed by atoms with van der Waals surface area (Å²) in [6.07, 6.45) is 3.69. The number of benzene rings is 3. The zero-order valence-corrected chi connectivity index (χ0v) is 35.5. The van der Waals surface area contributed by atoms with Gasteiger partial charge in [-0.3, -0.25) is 4.79 Å². The number of halogens is 4. The van der Waals surface area contributed by atoms with Crippen molar-refractivity contribution in [3.63, 3.8) is 0 Å². The number of imidazole rings is 2. The molecule has 3 aromatic carbocycles. The molecule has 1 aliphatic heterocycles. The summed E-state index contributed by atoms with van der Waals surface area (Å²) in [6, 6.07) is 18.3. The van der Waals surface area contributed by atoms with Crippen LogP contribution in [0.3, 0.4) is 0 Å². The molecule has 15 heteroatoms. The van der Waals surface area contributed by atoms with Gasteiger partial charge in [0.25, 0.3) is 5.91 Å². The molecule has 0 aliphatic carbocycles. The molecular weight excluding hydrogens is 820 g/mol. The van der Waals surface area contributed by atoms with E-state index in [1.54, 1.807) is 39.5 Å². The fourth-order valence-corrected chi connectivity index (χ4v) is 8.53. The van der Waals surface area contributed by atoms with Gasteiger partial charge in [-0.15, -0.1) is 0 Å². The maximum Gasteiger partial charge on any atom is 0.337 e. The molecule has 0 saturated carbocycles. The minimum atomic E-state index is -1.01. The standard InChI is InChI=1S/C26H24Cl2N4O2.C17H15Cl2N3O2/c1-14(2)23-20(26(33)31-21-8-9-34-22-7-5-4-6-19(21)22)13-29-32-24(15(3)30-25(23)32)16-10-17(27)12-18(28)11-16;1-8(2)14-13(17(23)24)7-20-22-15(9(3)21-16(14)22)10-4-11(18)6-12(19)5-10/h4-7,10-14,21H,8-9H2,1-3H3,(H,31,33);4-8H,1-3H3,(H,23,24)/t21-;/m0./s1. The molecule has 0 spiro atoms. The third kappa shape index (κ3) is 7.96. The molecule has 0 saturated heterocycles. The Morgan fingerprint density at radius 2 is 1.21 bits per heavy atom. The van der Waals surface area contributed by atoms with Crippen LogP contribution in [0.25, 0.3) is 33.8 Å². The van der Waals surface area contributed by atoms with Crippen LogP contribution in [0.1, 0.15) is 101 Å². The van der Waals surface area contributed by atoms with Crippen molar-refractivity contribution in [3.8, 4) is 28.3 Å². The summed E-state index contributed by atoms with van der Waals surface area (Å²) in [5, 5.41) is 23.6. The summed E-state index contributed by atoms with van der Waals surface area (Å²) < 4.78 is 9.16. The van der Waals surface area contributed by atoms with E-state index in [-0.39, 0.29) is 29.3 Å². The molecule has 4 aromatic heterocycles. The van der Waals surface area contributed by atoms with Crippen LogP contribution in [0.2, 0.25) is 20.1 Å². The largest absolute Gasteiger partial charge is 0.493 e. The van der Waals surface area contributed by atoms with Crippen LogP contribution >= 0.6 is 46.4 Å². The number of nitrogens with one attached hydrogen (secondary N) is 1. The predicted octanol–water partition coefficient (Wildman–Crippen LogP) is 11.2. The predicted molar refractivity (Wildman–Crippen MR) is 228 cm³/mol. The normalized spacial score (nSPS) is 13.7. The lowest BCUT2D eigenvalue weighted by Crippen LogP contribution is -2.33. The number of para-hydroxylation sites is 1. The summed E-state index contributed by atoms with van der Waals surface area (Å²) in [5.41, 5.74) is 9.00. The minimum Gasteiger partial charge on any atom is -0.493 e. The number of aromatic nitrogens is 6. The van der Waals surface area contributed by atoms with E-state index >= 15 is 0 Å². The van der Waals surface area contributed by atoms with Crippen molar-refractivity contribution >= 4 is 69.6 Å². The Labute approximate surface area is 354 Å². The highest BCUT2D eigenvalue weighted by Crippen LogP contribution is 2.36. The zero-order valence-electron chi connectivity index (χ0n) is 32.4. The van der Waals surface area contributed by atoms with Gasteiger partial charge in [0.1, 0.15) is 5.75 Å². The van der Waals surface area contributed by atoms with Crippen LogP contribution < -0.4 is 10.1 Å². The third-order valence-corrected chi connectivity index (χ3v) is 10.8. The number of hydrogen-bond acceptors (Lipinski definition) is 7. The summed E-state index contributed by atoms with van der Waals surface area (Å²) >= 11 is 24.7. The Morgan fingerprint density at radius 3 is 1.69 bits per heavy atom. The topological polar surface area (TPSA) is 136 Å². The molecule has 0 bridgehead atoms. The second-order valence-corrected chi connectivity index (χ2v) is 16.4. The van der Waals surface area contributed by atoms with E-state index in [9.17, 15) is 14.7 Å². The third-order valence-electron chi connectivity index (χ3n) is 9.89. The second-order valence-electron chi connectivity index (χ2n) is 14.6. The summed E-state index contributed by atoms with van der Waals surface area (Å²) in [6.45, 7) is 12.3. The van der Waals surface area contributed by atoms with Gasteiger partial charge in [-0.2, -0.15) is 10.2 Å². The van der Waals surface area contributed by atoms with Gasteiger partial charge in [0.2, 0.25) is 0 Å². The van der Waals surface area contributed by atoms with Crippen LogP contribution in [0.4, 0.5) is 0 Å². The number of fused-ring (bicyclic) bond motifs is 3. The SMILES string of the molecule is Cc1nc2c(C(C)C)c(C(=O)N[C@H]3CCOc4ccccc43)cnn2c1-c1cc(Cl)cc(Cl)c1.Cc1nc2c(C(C)C)c(C(=O)O)cnn2c1-c1cc(Cl)cc(Cl)c1. The first-order valence-electron chi connectivity index (χ1n) is 18.6. The highest BCUT2D eigenvalue weighted by Gasteiger charge is 2.28. The number of ether oxygens (including phenoxy) is 1. The maximum atomic E-state index is 13.5. The molecule has 8 rings (SSSR count). The summed E-state index contributed by atoms with van der Waals surface area (Å²) in [5.74, 6) is -0.342. The van der Waals surface area contributed by atoms with E-state index in [1.165, 1.54) is 6.20 Å². The molecule has 58 heavy (non-hydrogen) atoms. The van der Waals surface area contributed by atoms with E-state index in [0.717, 1.165) is 50.8 Å². The fourth-order valence-electron chi connectivity index (χ4n) is 7.48. The molecule has 5 heterocycles. The molecule has 2 N–H and O–H groups in total. The average molecular weight is 860 g/mol. The van der Waals surface area contributed by atoms with Gasteiger partial charge < -0.3 is 15.2 Å². The second kappa shape index (κ2) is 16.6. The van der Waals surface area contributed by atoms with Gasteiger partial charge in [0, 0.05) is 54.3 Å². The van der Waals surface area contributed by atoms with Crippen molar-refractivity contribution in [1.29, 1.82) is 0 Å². The minimum absolute atomic E-state index is 0.0146. The van der Waals surface area contributed by atoms with E-state index in [1.807, 2.05) is 64.1 Å². The molecular formula is C43H39Cl4N7O4. The van der Waals surface area contributed by atoms with Gasteiger partial charge in [-0.25, -0.2) is 23.8 Å². The Morgan fingerprint density at radius 1 is 0.741 bits per heavy atom. The quantitative estimate of drug-likeness (QED) is 0.162. The highest BCUT2D eigenvalue weighted by atomic mass is 35.5. The first kappa shape index (κ1) is 41.0. The lowest BCUT2D eigenvalue weighted by Gasteiger charge is -2.27. The van der Waals surface area contributed by atoms with Gasteiger partial charge in [0.05, 0.1) is 58.9 Å². The molecule has 298 valence electrons. The van der Waals surface area contributed by atoms with Crippen LogP contribution in [-0.4, -0.2) is 52.8 Å². The van der Waals surface area contributed by atoms with E-state index < -0.39 is 5.97 Å². The van der Waals surface area contributed by atoms with Crippen molar-refractivity contribution in [1.82, 2.24) is 34.5 Å². The van der Waals surface area contributed by atoms with Crippen molar-refractivity contribution in [3.05, 3.63) is 132 Å². The van der Waals surface area contributed by atoms with Crippen molar-refractivity contribution in [2.24, 2.45) is 0 Å². The number of carboxylic acids is 1. The molecule has 7 aromatic rings. The number of carboxylic acid groups (broad SMARTS) is 1. The number of nitrogens with zero attached hydrogens (tertiary/aromatic N) is 6. The molecule has 1 amide bonds.